The van der Waals surface area contributed by atoms with Crippen molar-refractivity contribution in [3.63, 3.8) is 0 Å². The van der Waals surface area contributed by atoms with Gasteiger partial charge in [0.1, 0.15) is 0 Å². The van der Waals surface area contributed by atoms with E-state index in [2.05, 4.69) is 12.6 Å². The van der Waals surface area contributed by atoms with Crippen molar-refractivity contribution in [2.75, 3.05) is 19.3 Å². The van der Waals surface area contributed by atoms with Gasteiger partial charge in [0.25, 0.3) is 0 Å². The van der Waals surface area contributed by atoms with Crippen molar-refractivity contribution in [2.45, 2.75) is 32.1 Å². The molecular weight excluding hydrogens is 252 g/mol. The summed E-state index contributed by atoms with van der Waals surface area (Å²) in [5.74, 6) is -0.790. The first kappa shape index (κ1) is 13.4. The van der Waals surface area contributed by atoms with Crippen LogP contribution in [-0.2, 0) is 9.59 Å². The summed E-state index contributed by atoms with van der Waals surface area (Å²) in [7, 11) is 1.34. The molecule has 18 heavy (non-hydrogen) atoms. The first-order valence-electron chi connectivity index (χ1n) is 6.25. The summed E-state index contributed by atoms with van der Waals surface area (Å²) in [5, 5.41) is 0. The van der Waals surface area contributed by atoms with E-state index < -0.39 is 17.8 Å². The topological polar surface area (TPSA) is 57.7 Å². The molecule has 0 N–H and O–H groups in total. The zero-order valence-electron chi connectivity index (χ0n) is 10.5. The second kappa shape index (κ2) is 4.91. The second-order valence-corrected chi connectivity index (χ2v) is 5.57. The van der Waals surface area contributed by atoms with E-state index in [1.54, 1.807) is 0 Å². The van der Waals surface area contributed by atoms with E-state index in [4.69, 9.17) is 0 Å². The van der Waals surface area contributed by atoms with E-state index >= 15 is 0 Å². The van der Waals surface area contributed by atoms with Crippen molar-refractivity contribution in [1.29, 1.82) is 0 Å². The van der Waals surface area contributed by atoms with Gasteiger partial charge < -0.3 is 0 Å². The zero-order chi connectivity index (χ0) is 13.3. The first-order valence-corrected chi connectivity index (χ1v) is 6.88. The third kappa shape index (κ3) is 2.13. The van der Waals surface area contributed by atoms with Gasteiger partial charge in [0, 0.05) is 13.6 Å². The number of carbonyl (C=O) groups excluding carboxylic acids is 3. The number of carbonyl (C=O) groups is 3. The summed E-state index contributed by atoms with van der Waals surface area (Å²) in [6, 6.07) is -0.503. The lowest BCUT2D eigenvalue weighted by Gasteiger charge is -2.38. The van der Waals surface area contributed by atoms with Gasteiger partial charge in [-0.15, -0.1) is 0 Å². The van der Waals surface area contributed by atoms with Gasteiger partial charge in [-0.05, 0) is 24.0 Å². The number of thiol groups is 1. The van der Waals surface area contributed by atoms with E-state index in [1.807, 2.05) is 0 Å². The molecule has 1 aliphatic heterocycles. The Hall–Kier alpha value is -1.04. The number of rotatable bonds is 3. The quantitative estimate of drug-likeness (QED) is 0.477. The maximum Gasteiger partial charge on any atom is 0.333 e. The van der Waals surface area contributed by atoms with Gasteiger partial charge in [0.05, 0.1) is 0 Å². The number of urea groups is 1. The molecule has 6 heteroatoms. The Kier molecular flexibility index (Phi) is 3.66. The van der Waals surface area contributed by atoms with Gasteiger partial charge in [0.2, 0.25) is 0 Å². The van der Waals surface area contributed by atoms with Crippen LogP contribution >= 0.6 is 12.6 Å². The predicted octanol–water partition coefficient (Wildman–Crippen LogP) is 1.29. The van der Waals surface area contributed by atoms with Crippen LogP contribution in [-0.4, -0.2) is 47.0 Å². The molecule has 4 amide bonds. The summed E-state index contributed by atoms with van der Waals surface area (Å²) in [4.78, 5) is 37.0. The summed E-state index contributed by atoms with van der Waals surface area (Å²) < 4.78 is 0. The Labute approximate surface area is 112 Å². The Morgan fingerprint density at radius 3 is 2.17 bits per heavy atom. The molecular formula is C12H18N2O3S. The molecule has 0 bridgehead atoms. The SMILES string of the molecule is CN1C(=O)C(=O)N(CC2(CS)CCCCC2)C1=O. The van der Waals surface area contributed by atoms with Crippen molar-refractivity contribution >= 4 is 30.5 Å². The summed E-state index contributed by atoms with van der Waals surface area (Å²) in [6.07, 6.45) is 5.31. The van der Waals surface area contributed by atoms with Crippen LogP contribution in [0.25, 0.3) is 0 Å². The monoisotopic (exact) mass is 270 g/mol. The van der Waals surface area contributed by atoms with Crippen LogP contribution in [0.3, 0.4) is 0 Å². The highest BCUT2D eigenvalue weighted by Crippen LogP contribution is 2.38. The lowest BCUT2D eigenvalue weighted by molar-refractivity contribution is -0.143. The lowest BCUT2D eigenvalue weighted by Crippen LogP contribution is -2.43. The lowest BCUT2D eigenvalue weighted by atomic mass is 9.75. The van der Waals surface area contributed by atoms with E-state index in [1.165, 1.54) is 13.5 Å². The van der Waals surface area contributed by atoms with Crippen molar-refractivity contribution in [1.82, 2.24) is 9.80 Å². The van der Waals surface area contributed by atoms with E-state index in [0.717, 1.165) is 35.5 Å². The van der Waals surface area contributed by atoms with Crippen LogP contribution in [0.1, 0.15) is 32.1 Å². The number of hydrogen-bond acceptors (Lipinski definition) is 4. The normalized spacial score (nSPS) is 24.0. The number of amides is 4. The van der Waals surface area contributed by atoms with Gasteiger partial charge in [-0.25, -0.2) is 4.79 Å². The fraction of sp³-hybridized carbons (Fsp3) is 0.750. The molecule has 1 saturated carbocycles. The number of nitrogens with zero attached hydrogens (tertiary/aromatic N) is 2. The minimum absolute atomic E-state index is 0.113. The van der Waals surface area contributed by atoms with E-state index in [-0.39, 0.29) is 5.41 Å². The first-order chi connectivity index (χ1) is 8.51. The van der Waals surface area contributed by atoms with Crippen LogP contribution in [0.4, 0.5) is 4.79 Å². The Morgan fingerprint density at radius 1 is 1.11 bits per heavy atom. The predicted molar refractivity (Wildman–Crippen MR) is 69.3 cm³/mol. The molecule has 1 heterocycles. The Balaban J connectivity index is 2.15. The molecule has 2 aliphatic rings. The molecule has 0 radical (unpaired) electrons. The third-order valence-corrected chi connectivity index (χ3v) is 4.66. The molecule has 0 aromatic rings. The molecule has 5 nitrogen and oxygen atoms in total. The highest BCUT2D eigenvalue weighted by molar-refractivity contribution is 7.80. The molecule has 0 spiro atoms. The minimum Gasteiger partial charge on any atom is -0.263 e. The average Bonchev–Trinajstić information content (AvgIpc) is 2.58. The van der Waals surface area contributed by atoms with Crippen LogP contribution < -0.4 is 0 Å². The molecule has 1 aliphatic carbocycles. The highest BCUT2D eigenvalue weighted by Gasteiger charge is 2.46. The van der Waals surface area contributed by atoms with Crippen LogP contribution in [0.15, 0.2) is 0 Å². The Bertz CT molecular complexity index is 391. The van der Waals surface area contributed by atoms with Gasteiger partial charge in [-0.1, -0.05) is 19.3 Å². The fourth-order valence-corrected chi connectivity index (χ4v) is 3.17. The molecule has 100 valence electrons. The molecule has 0 unspecified atom stereocenters. The van der Waals surface area contributed by atoms with E-state index in [0.29, 0.717) is 12.3 Å². The Morgan fingerprint density at radius 2 is 1.72 bits per heavy atom. The molecule has 0 atom stereocenters. The maximum absolute atomic E-state index is 11.8. The van der Waals surface area contributed by atoms with Crippen molar-refractivity contribution < 1.29 is 14.4 Å². The third-order valence-electron chi connectivity index (χ3n) is 3.99. The molecule has 0 aromatic carbocycles. The molecule has 1 saturated heterocycles. The largest absolute Gasteiger partial charge is 0.333 e. The van der Waals surface area contributed by atoms with E-state index in [9.17, 15) is 14.4 Å². The van der Waals surface area contributed by atoms with Crippen LogP contribution in [0.5, 0.6) is 0 Å². The van der Waals surface area contributed by atoms with Gasteiger partial charge in [0.15, 0.2) is 0 Å². The van der Waals surface area contributed by atoms with Gasteiger partial charge in [-0.3, -0.25) is 19.4 Å². The standard InChI is InChI=1S/C12H18N2O3S/c1-13-9(15)10(16)14(11(13)17)7-12(8-18)5-3-2-4-6-12/h18H,2-8H2,1H3. The van der Waals surface area contributed by atoms with Gasteiger partial charge >= 0.3 is 17.8 Å². The van der Waals surface area contributed by atoms with Gasteiger partial charge in [-0.2, -0.15) is 12.6 Å². The van der Waals surface area contributed by atoms with Crippen molar-refractivity contribution in [2.24, 2.45) is 5.41 Å². The number of imide groups is 2. The van der Waals surface area contributed by atoms with Crippen molar-refractivity contribution in [3.05, 3.63) is 0 Å². The highest BCUT2D eigenvalue weighted by atomic mass is 32.1. The second-order valence-electron chi connectivity index (χ2n) is 5.26. The maximum atomic E-state index is 11.8. The fourth-order valence-electron chi connectivity index (χ4n) is 2.76. The summed E-state index contributed by atoms with van der Waals surface area (Å²) in [5.41, 5.74) is -0.113. The zero-order valence-corrected chi connectivity index (χ0v) is 11.4. The summed E-state index contributed by atoms with van der Waals surface area (Å²) >= 11 is 4.38. The average molecular weight is 270 g/mol. The number of likely N-dealkylation sites (N-methyl/N-ethyl adjacent to an activating group) is 1. The number of hydrogen-bond donors (Lipinski definition) is 1. The smallest absolute Gasteiger partial charge is 0.263 e. The minimum atomic E-state index is -0.731. The molecule has 0 aromatic heterocycles. The molecule has 2 fully saturated rings. The van der Waals surface area contributed by atoms with Crippen molar-refractivity contribution in [3.8, 4) is 0 Å². The van der Waals surface area contributed by atoms with Crippen LogP contribution in [0.2, 0.25) is 0 Å². The molecule has 2 rings (SSSR count). The summed E-state index contributed by atoms with van der Waals surface area (Å²) in [6.45, 7) is 0.324. The van der Waals surface area contributed by atoms with Crippen LogP contribution in [0, 0.1) is 5.41 Å².